The van der Waals surface area contributed by atoms with Crippen LogP contribution < -0.4 is 10.1 Å². The lowest BCUT2D eigenvalue weighted by atomic mass is 10.1. The molecule has 1 aromatic carbocycles. The fourth-order valence-electron chi connectivity index (χ4n) is 3.15. The van der Waals surface area contributed by atoms with Gasteiger partial charge in [-0.25, -0.2) is 9.18 Å². The largest absolute Gasteiger partial charge is 0.494 e. The Morgan fingerprint density at radius 2 is 2.12 bits per heavy atom. The molecule has 0 bridgehead atoms. The van der Waals surface area contributed by atoms with Crippen LogP contribution in [0.3, 0.4) is 0 Å². The van der Waals surface area contributed by atoms with Crippen LogP contribution in [0.5, 0.6) is 5.75 Å². The van der Waals surface area contributed by atoms with Gasteiger partial charge in [0.2, 0.25) is 0 Å². The smallest absolute Gasteiger partial charge is 0.317 e. The Labute approximate surface area is 143 Å². The number of carbonyl (C=O) groups excluding carboxylic acids is 1. The van der Waals surface area contributed by atoms with Crippen LogP contribution in [0.25, 0.3) is 0 Å². The van der Waals surface area contributed by atoms with E-state index < -0.39 is 5.82 Å². The van der Waals surface area contributed by atoms with E-state index in [9.17, 15) is 9.18 Å². The molecule has 0 spiro atoms. The van der Waals surface area contributed by atoms with Crippen molar-refractivity contribution in [1.29, 1.82) is 0 Å². The molecule has 0 saturated carbocycles. The minimum Gasteiger partial charge on any atom is -0.494 e. The van der Waals surface area contributed by atoms with Gasteiger partial charge in [-0.2, -0.15) is 0 Å². The van der Waals surface area contributed by atoms with Crippen LogP contribution >= 0.6 is 0 Å². The van der Waals surface area contributed by atoms with Gasteiger partial charge >= 0.3 is 6.03 Å². The molecule has 0 radical (unpaired) electrons. The predicted molar refractivity (Wildman–Crippen MR) is 92.7 cm³/mol. The van der Waals surface area contributed by atoms with Gasteiger partial charge in [0.1, 0.15) is 0 Å². The Bertz CT molecular complexity index is 547. The van der Waals surface area contributed by atoms with Crippen LogP contribution in [-0.4, -0.2) is 56.2 Å². The average Bonchev–Trinajstić information content (AvgIpc) is 3.05. The summed E-state index contributed by atoms with van der Waals surface area (Å²) in [4.78, 5) is 16.3. The van der Waals surface area contributed by atoms with Crippen molar-refractivity contribution in [3.63, 3.8) is 0 Å². The fraction of sp³-hybridized carbons (Fsp3) is 0.611. The molecule has 2 rings (SSSR count). The van der Waals surface area contributed by atoms with Crippen molar-refractivity contribution in [2.75, 3.05) is 40.3 Å². The Morgan fingerprint density at radius 1 is 1.42 bits per heavy atom. The second-order valence-corrected chi connectivity index (χ2v) is 6.62. The van der Waals surface area contributed by atoms with Crippen molar-refractivity contribution in [3.05, 3.63) is 29.6 Å². The molecule has 0 unspecified atom stereocenters. The van der Waals surface area contributed by atoms with Crippen LogP contribution in [-0.2, 0) is 6.54 Å². The number of carbonyl (C=O) groups is 1. The van der Waals surface area contributed by atoms with E-state index in [4.69, 9.17) is 4.74 Å². The number of urea groups is 1. The number of hydrogen-bond acceptors (Lipinski definition) is 3. The lowest BCUT2D eigenvalue weighted by Gasteiger charge is -2.25. The van der Waals surface area contributed by atoms with Gasteiger partial charge in [0.05, 0.1) is 7.11 Å². The molecular formula is C18H28FN3O2. The van der Waals surface area contributed by atoms with Crippen molar-refractivity contribution in [1.82, 2.24) is 15.1 Å². The van der Waals surface area contributed by atoms with Gasteiger partial charge in [-0.3, -0.25) is 0 Å². The van der Waals surface area contributed by atoms with Crippen LogP contribution in [0.2, 0.25) is 0 Å². The second-order valence-electron chi connectivity index (χ2n) is 6.62. The van der Waals surface area contributed by atoms with E-state index in [1.54, 1.807) is 24.1 Å². The molecule has 1 saturated heterocycles. The summed E-state index contributed by atoms with van der Waals surface area (Å²) in [6.45, 7) is 6.54. The Kier molecular flexibility index (Phi) is 6.85. The summed E-state index contributed by atoms with van der Waals surface area (Å²) in [6, 6.07) is 4.56. The number of amides is 2. The molecule has 1 aromatic rings. The van der Waals surface area contributed by atoms with Gasteiger partial charge in [-0.05, 0) is 49.5 Å². The number of ether oxygens (including phenoxy) is 1. The van der Waals surface area contributed by atoms with Crippen LogP contribution in [0.1, 0.15) is 25.3 Å². The van der Waals surface area contributed by atoms with Crippen LogP contribution in [0.15, 0.2) is 18.2 Å². The molecule has 0 aliphatic carbocycles. The topological polar surface area (TPSA) is 44.8 Å². The molecule has 0 aromatic heterocycles. The first kappa shape index (κ1) is 18.5. The first-order valence-corrected chi connectivity index (χ1v) is 8.53. The molecule has 1 heterocycles. The van der Waals surface area contributed by atoms with E-state index in [-0.39, 0.29) is 11.8 Å². The van der Waals surface area contributed by atoms with E-state index in [1.165, 1.54) is 39.1 Å². The molecule has 24 heavy (non-hydrogen) atoms. The lowest BCUT2D eigenvalue weighted by Crippen LogP contribution is -2.41. The van der Waals surface area contributed by atoms with Gasteiger partial charge < -0.3 is 19.9 Å². The van der Waals surface area contributed by atoms with Gasteiger partial charge in [0, 0.05) is 26.7 Å². The summed E-state index contributed by atoms with van der Waals surface area (Å²) in [5, 5.41) is 2.83. The molecule has 6 heteroatoms. The Morgan fingerprint density at radius 3 is 2.75 bits per heavy atom. The third-order valence-corrected chi connectivity index (χ3v) is 4.36. The standard InChI is InChI=1S/C18H28FN3O2/c1-14(13-22-8-4-5-9-22)12-21(2)18(23)20-11-15-6-7-17(24-3)16(19)10-15/h6-7,10,14H,4-5,8-9,11-13H2,1-3H3,(H,20,23)/t14-/m1/s1. The van der Waals surface area contributed by atoms with Crippen molar-refractivity contribution in [2.24, 2.45) is 5.92 Å². The van der Waals surface area contributed by atoms with Crippen LogP contribution in [0, 0.1) is 11.7 Å². The van der Waals surface area contributed by atoms with E-state index in [1.807, 2.05) is 0 Å². The Hall–Kier alpha value is -1.82. The number of benzene rings is 1. The van der Waals surface area contributed by atoms with Gasteiger partial charge in [-0.15, -0.1) is 0 Å². The summed E-state index contributed by atoms with van der Waals surface area (Å²) in [6.07, 6.45) is 2.56. The highest BCUT2D eigenvalue weighted by Crippen LogP contribution is 2.17. The summed E-state index contributed by atoms with van der Waals surface area (Å²) in [7, 11) is 3.22. The van der Waals surface area contributed by atoms with Gasteiger partial charge in [0.25, 0.3) is 0 Å². The van der Waals surface area contributed by atoms with Gasteiger partial charge in [0.15, 0.2) is 11.6 Å². The van der Waals surface area contributed by atoms with E-state index in [2.05, 4.69) is 17.1 Å². The molecular weight excluding hydrogens is 309 g/mol. The number of halogens is 1. The maximum atomic E-state index is 13.6. The Balaban J connectivity index is 1.75. The second kappa shape index (κ2) is 8.87. The van der Waals surface area contributed by atoms with Crippen molar-refractivity contribution >= 4 is 6.03 Å². The molecule has 2 amide bonds. The lowest BCUT2D eigenvalue weighted by molar-refractivity contribution is 0.192. The molecule has 1 N–H and O–H groups in total. The molecule has 5 nitrogen and oxygen atoms in total. The first-order chi connectivity index (χ1) is 11.5. The zero-order valence-corrected chi connectivity index (χ0v) is 14.8. The molecule has 134 valence electrons. The van der Waals surface area contributed by atoms with Crippen molar-refractivity contribution in [2.45, 2.75) is 26.3 Å². The van der Waals surface area contributed by atoms with Crippen LogP contribution in [0.4, 0.5) is 9.18 Å². The quantitative estimate of drug-likeness (QED) is 0.832. The number of hydrogen-bond donors (Lipinski definition) is 1. The minimum atomic E-state index is -0.420. The SMILES string of the molecule is COc1ccc(CNC(=O)N(C)C[C@@H](C)CN2CCCC2)cc1F. The van der Waals surface area contributed by atoms with Crippen molar-refractivity contribution in [3.8, 4) is 5.75 Å². The highest BCUT2D eigenvalue weighted by molar-refractivity contribution is 5.73. The average molecular weight is 337 g/mol. The predicted octanol–water partition coefficient (Wildman–Crippen LogP) is 2.71. The maximum Gasteiger partial charge on any atom is 0.317 e. The number of nitrogens with one attached hydrogen (secondary N) is 1. The highest BCUT2D eigenvalue weighted by Gasteiger charge is 2.17. The third kappa shape index (κ3) is 5.37. The number of rotatable bonds is 7. The summed E-state index contributed by atoms with van der Waals surface area (Å²) in [5.74, 6) is 0.215. The maximum absolute atomic E-state index is 13.6. The van der Waals surface area contributed by atoms with E-state index in [0.717, 1.165) is 6.54 Å². The van der Waals surface area contributed by atoms with E-state index in [0.29, 0.717) is 24.6 Å². The summed E-state index contributed by atoms with van der Waals surface area (Å²) in [5.41, 5.74) is 0.708. The molecule has 1 aliphatic heterocycles. The normalized spacial score (nSPS) is 16.0. The zero-order valence-electron chi connectivity index (χ0n) is 14.8. The molecule has 1 aliphatic rings. The monoisotopic (exact) mass is 337 g/mol. The third-order valence-electron chi connectivity index (χ3n) is 4.36. The molecule has 1 atom stereocenters. The highest BCUT2D eigenvalue weighted by atomic mass is 19.1. The fourth-order valence-corrected chi connectivity index (χ4v) is 3.15. The number of nitrogens with zero attached hydrogens (tertiary/aromatic N) is 2. The zero-order chi connectivity index (χ0) is 17.5. The number of likely N-dealkylation sites (tertiary alicyclic amines) is 1. The van der Waals surface area contributed by atoms with E-state index >= 15 is 0 Å². The first-order valence-electron chi connectivity index (χ1n) is 8.53. The summed E-state index contributed by atoms with van der Waals surface area (Å²) < 4.78 is 18.5. The van der Waals surface area contributed by atoms with Crippen molar-refractivity contribution < 1.29 is 13.9 Å². The number of methoxy groups -OCH3 is 1. The van der Waals surface area contributed by atoms with Gasteiger partial charge in [-0.1, -0.05) is 13.0 Å². The summed E-state index contributed by atoms with van der Waals surface area (Å²) >= 11 is 0. The molecule has 1 fully saturated rings. The minimum absolute atomic E-state index is 0.139.